The van der Waals surface area contributed by atoms with E-state index in [9.17, 15) is 4.79 Å². The zero-order valence-corrected chi connectivity index (χ0v) is 20.6. The van der Waals surface area contributed by atoms with Crippen LogP contribution in [0, 0.1) is 5.92 Å². The number of carbonyl (C=O) groups excluding carboxylic acids is 1. The van der Waals surface area contributed by atoms with Gasteiger partial charge in [0.2, 0.25) is 0 Å². The van der Waals surface area contributed by atoms with Gasteiger partial charge >= 0.3 is 0 Å². The maximum absolute atomic E-state index is 13.3. The first kappa shape index (κ1) is 23.4. The van der Waals surface area contributed by atoms with Crippen LogP contribution in [0.4, 0.5) is 0 Å². The highest BCUT2D eigenvalue weighted by atomic mass is 32.2. The van der Waals surface area contributed by atoms with Gasteiger partial charge in [0, 0.05) is 36.3 Å². The van der Waals surface area contributed by atoms with Gasteiger partial charge in [-0.2, -0.15) is 5.10 Å². The molecule has 0 aliphatic carbocycles. The monoisotopic (exact) mass is 476 g/mol. The standard InChI is InChI=1S/C26H28N4OS2/c1-3-5-9-19(4-2)17-29-25(31)23(33-26(29)32)16-21-18-30(22-10-7-6-8-11-22)28-24(21)20-12-14-27-15-13-20/h6-8,10-16,18-19H,3-5,9,17H2,1-2H3/b23-16+. The molecule has 4 rings (SSSR count). The zero-order valence-electron chi connectivity index (χ0n) is 19.0. The first-order valence-corrected chi connectivity index (χ1v) is 12.6. The molecule has 0 saturated carbocycles. The molecule has 1 aliphatic rings. The molecule has 170 valence electrons. The second kappa shape index (κ2) is 10.9. The van der Waals surface area contributed by atoms with Crippen LogP contribution < -0.4 is 0 Å². The van der Waals surface area contributed by atoms with Crippen molar-refractivity contribution in [2.24, 2.45) is 5.92 Å². The predicted molar refractivity (Wildman–Crippen MR) is 140 cm³/mol. The summed E-state index contributed by atoms with van der Waals surface area (Å²) in [6.45, 7) is 5.08. The molecule has 1 amide bonds. The Bertz CT molecular complexity index is 1140. The van der Waals surface area contributed by atoms with Gasteiger partial charge in [-0.3, -0.25) is 14.7 Å². The van der Waals surface area contributed by atoms with Crippen molar-refractivity contribution in [2.45, 2.75) is 39.5 Å². The molecule has 5 nitrogen and oxygen atoms in total. The number of thiocarbonyl (C=S) groups is 1. The minimum atomic E-state index is -0.00640. The fraction of sp³-hybridized carbons (Fsp3) is 0.308. The van der Waals surface area contributed by atoms with Gasteiger partial charge in [0.05, 0.1) is 10.6 Å². The van der Waals surface area contributed by atoms with Gasteiger partial charge in [-0.15, -0.1) is 0 Å². The molecule has 0 radical (unpaired) electrons. The third kappa shape index (κ3) is 5.42. The van der Waals surface area contributed by atoms with Crippen molar-refractivity contribution in [3.05, 3.63) is 71.5 Å². The second-order valence-corrected chi connectivity index (χ2v) is 9.83. The Balaban J connectivity index is 1.66. The van der Waals surface area contributed by atoms with E-state index in [0.29, 0.717) is 21.7 Å². The summed E-state index contributed by atoms with van der Waals surface area (Å²) >= 11 is 6.98. The van der Waals surface area contributed by atoms with Crippen molar-refractivity contribution in [1.29, 1.82) is 0 Å². The molecule has 3 aromatic rings. The van der Waals surface area contributed by atoms with Gasteiger partial charge in [-0.25, -0.2) is 4.68 Å². The van der Waals surface area contributed by atoms with Crippen LogP contribution in [0.15, 0.2) is 66.0 Å². The Morgan fingerprint density at radius 3 is 2.58 bits per heavy atom. The van der Waals surface area contributed by atoms with E-state index in [2.05, 4.69) is 18.8 Å². The number of hydrogen-bond donors (Lipinski definition) is 0. The van der Waals surface area contributed by atoms with Crippen molar-refractivity contribution in [1.82, 2.24) is 19.7 Å². The molecule has 2 aromatic heterocycles. The Morgan fingerprint density at radius 1 is 1.12 bits per heavy atom. The predicted octanol–water partition coefficient (Wildman–Crippen LogP) is 6.35. The molecule has 1 aliphatic heterocycles. The fourth-order valence-electron chi connectivity index (χ4n) is 3.91. The van der Waals surface area contributed by atoms with Crippen LogP contribution in [0.2, 0.25) is 0 Å². The SMILES string of the molecule is CCCCC(CC)CN1C(=O)/C(=C\c2cn(-c3ccccc3)nc2-c2ccncc2)SC1=S. The maximum Gasteiger partial charge on any atom is 0.266 e. The molecule has 1 aromatic carbocycles. The first-order chi connectivity index (χ1) is 16.1. The van der Waals surface area contributed by atoms with E-state index in [4.69, 9.17) is 17.3 Å². The molecule has 1 fully saturated rings. The molecule has 1 saturated heterocycles. The minimum absolute atomic E-state index is 0.00640. The molecular weight excluding hydrogens is 448 g/mol. The molecule has 7 heteroatoms. The number of benzene rings is 1. The number of pyridine rings is 1. The molecule has 1 atom stereocenters. The fourth-order valence-corrected chi connectivity index (χ4v) is 5.18. The smallest absolute Gasteiger partial charge is 0.266 e. The van der Waals surface area contributed by atoms with E-state index in [-0.39, 0.29) is 5.91 Å². The number of rotatable bonds is 9. The second-order valence-electron chi connectivity index (χ2n) is 8.16. The lowest BCUT2D eigenvalue weighted by Crippen LogP contribution is -2.33. The van der Waals surface area contributed by atoms with Crippen molar-refractivity contribution in [2.75, 3.05) is 6.54 Å². The number of thioether (sulfide) groups is 1. The third-order valence-corrected chi connectivity index (χ3v) is 7.24. The van der Waals surface area contributed by atoms with E-state index in [1.807, 2.05) is 59.4 Å². The number of para-hydroxylation sites is 1. The van der Waals surface area contributed by atoms with E-state index < -0.39 is 0 Å². The van der Waals surface area contributed by atoms with Crippen LogP contribution in [0.1, 0.15) is 45.1 Å². The molecular formula is C26H28N4OS2. The number of amides is 1. The van der Waals surface area contributed by atoms with Crippen LogP contribution in [0.3, 0.4) is 0 Å². The van der Waals surface area contributed by atoms with Crippen LogP contribution in [0.5, 0.6) is 0 Å². The Kier molecular flexibility index (Phi) is 7.73. The average molecular weight is 477 g/mol. The highest BCUT2D eigenvalue weighted by molar-refractivity contribution is 8.26. The topological polar surface area (TPSA) is 51.0 Å². The summed E-state index contributed by atoms with van der Waals surface area (Å²) in [5, 5.41) is 4.83. The van der Waals surface area contributed by atoms with Crippen LogP contribution in [-0.4, -0.2) is 36.4 Å². The summed E-state index contributed by atoms with van der Waals surface area (Å²) in [4.78, 5) is 19.8. The van der Waals surface area contributed by atoms with Gasteiger partial charge in [0.25, 0.3) is 5.91 Å². The van der Waals surface area contributed by atoms with Gasteiger partial charge < -0.3 is 0 Å². The molecule has 3 heterocycles. The molecule has 0 spiro atoms. The summed E-state index contributed by atoms with van der Waals surface area (Å²) in [6.07, 6.45) is 11.9. The molecule has 33 heavy (non-hydrogen) atoms. The zero-order chi connectivity index (χ0) is 23.2. The molecule has 1 unspecified atom stereocenters. The lowest BCUT2D eigenvalue weighted by molar-refractivity contribution is -0.122. The Morgan fingerprint density at radius 2 is 1.88 bits per heavy atom. The molecule has 0 N–H and O–H groups in total. The normalized spacial score (nSPS) is 16.1. The number of aromatic nitrogens is 3. The van der Waals surface area contributed by atoms with Crippen LogP contribution in [-0.2, 0) is 4.79 Å². The maximum atomic E-state index is 13.3. The van der Waals surface area contributed by atoms with Gasteiger partial charge in [-0.1, -0.05) is 75.3 Å². The van der Waals surface area contributed by atoms with Crippen molar-refractivity contribution in [3.8, 4) is 16.9 Å². The lowest BCUT2D eigenvalue weighted by atomic mass is 9.99. The van der Waals surface area contributed by atoms with E-state index in [1.54, 1.807) is 17.3 Å². The third-order valence-electron chi connectivity index (χ3n) is 5.86. The van der Waals surface area contributed by atoms with E-state index >= 15 is 0 Å². The summed E-state index contributed by atoms with van der Waals surface area (Å²) in [6, 6.07) is 13.8. The lowest BCUT2D eigenvalue weighted by Gasteiger charge is -2.21. The summed E-state index contributed by atoms with van der Waals surface area (Å²) in [5.74, 6) is 0.466. The summed E-state index contributed by atoms with van der Waals surface area (Å²) < 4.78 is 2.49. The Labute approximate surface area is 204 Å². The van der Waals surface area contributed by atoms with Crippen molar-refractivity contribution in [3.63, 3.8) is 0 Å². The summed E-state index contributed by atoms with van der Waals surface area (Å²) in [7, 11) is 0. The number of nitrogens with zero attached hydrogens (tertiary/aromatic N) is 4. The largest absolute Gasteiger partial charge is 0.293 e. The Hall–Kier alpha value is -2.77. The number of hydrogen-bond acceptors (Lipinski definition) is 5. The highest BCUT2D eigenvalue weighted by Crippen LogP contribution is 2.35. The van der Waals surface area contributed by atoms with E-state index in [1.165, 1.54) is 18.2 Å². The van der Waals surface area contributed by atoms with Crippen molar-refractivity contribution >= 4 is 40.3 Å². The van der Waals surface area contributed by atoms with Crippen molar-refractivity contribution < 1.29 is 4.79 Å². The summed E-state index contributed by atoms with van der Waals surface area (Å²) in [5.41, 5.74) is 3.60. The van der Waals surface area contributed by atoms with Gasteiger partial charge in [0.1, 0.15) is 10.0 Å². The number of unbranched alkanes of at least 4 members (excludes halogenated alkanes) is 1. The van der Waals surface area contributed by atoms with Gasteiger partial charge in [-0.05, 0) is 42.7 Å². The first-order valence-electron chi connectivity index (χ1n) is 11.4. The van der Waals surface area contributed by atoms with Crippen LogP contribution >= 0.6 is 24.0 Å². The number of carbonyl (C=O) groups is 1. The van der Waals surface area contributed by atoms with E-state index in [0.717, 1.165) is 41.8 Å². The average Bonchev–Trinajstić information content (AvgIpc) is 3.39. The molecule has 0 bridgehead atoms. The quantitative estimate of drug-likeness (QED) is 0.266. The highest BCUT2D eigenvalue weighted by Gasteiger charge is 2.33. The van der Waals surface area contributed by atoms with Gasteiger partial charge in [0.15, 0.2) is 0 Å². The van der Waals surface area contributed by atoms with Crippen LogP contribution in [0.25, 0.3) is 23.0 Å². The minimum Gasteiger partial charge on any atom is -0.293 e.